The van der Waals surface area contributed by atoms with Crippen molar-refractivity contribution in [3.05, 3.63) is 78.0 Å². The second-order valence-corrected chi connectivity index (χ2v) is 9.11. The number of hydrogen-bond acceptors (Lipinski definition) is 4. The minimum absolute atomic E-state index is 0.132. The lowest BCUT2D eigenvalue weighted by Gasteiger charge is -2.37. The molecule has 5 rings (SSSR count). The summed E-state index contributed by atoms with van der Waals surface area (Å²) >= 11 is 0. The predicted octanol–water partition coefficient (Wildman–Crippen LogP) is 4.03. The second-order valence-electron chi connectivity index (χ2n) is 9.11. The average Bonchev–Trinajstić information content (AvgIpc) is 3.26. The first kappa shape index (κ1) is 21.1. The van der Waals surface area contributed by atoms with E-state index in [-0.39, 0.29) is 12.0 Å². The molecule has 0 unspecified atom stereocenters. The van der Waals surface area contributed by atoms with E-state index in [4.69, 9.17) is 4.74 Å². The van der Waals surface area contributed by atoms with E-state index < -0.39 is 0 Å². The largest absolute Gasteiger partial charge is 0.380 e. The molecule has 0 bridgehead atoms. The monoisotopic (exact) mass is 429 g/mol. The van der Waals surface area contributed by atoms with Crippen molar-refractivity contribution in [1.82, 2.24) is 14.8 Å². The van der Waals surface area contributed by atoms with E-state index in [1.165, 1.54) is 5.56 Å². The number of piperidine rings is 1. The summed E-state index contributed by atoms with van der Waals surface area (Å²) in [6.07, 6.45) is 5.17. The third kappa shape index (κ3) is 4.41. The number of nitrogens with zero attached hydrogens (tertiary/aromatic N) is 3. The van der Waals surface area contributed by atoms with Crippen LogP contribution in [0.25, 0.3) is 10.9 Å². The van der Waals surface area contributed by atoms with Gasteiger partial charge in [-0.05, 0) is 49.1 Å². The van der Waals surface area contributed by atoms with E-state index in [9.17, 15) is 4.79 Å². The Morgan fingerprint density at radius 2 is 1.84 bits per heavy atom. The molecule has 0 spiro atoms. The number of likely N-dealkylation sites (tertiary alicyclic amines) is 2. The molecular weight excluding hydrogens is 398 g/mol. The molecule has 2 aliphatic rings. The first-order valence-corrected chi connectivity index (χ1v) is 11.7. The quantitative estimate of drug-likeness (QED) is 0.614. The second kappa shape index (κ2) is 9.39. The summed E-state index contributed by atoms with van der Waals surface area (Å²) in [7, 11) is 1.84. The highest BCUT2D eigenvalue weighted by molar-refractivity contribution is 5.98. The zero-order valence-electron chi connectivity index (χ0n) is 18.7. The number of methoxy groups -OCH3 is 1. The van der Waals surface area contributed by atoms with Crippen molar-refractivity contribution in [2.75, 3.05) is 33.3 Å². The summed E-state index contributed by atoms with van der Waals surface area (Å²) < 4.78 is 5.86. The number of aromatic nitrogens is 1. The minimum Gasteiger partial charge on any atom is -0.380 e. The zero-order chi connectivity index (χ0) is 21.9. The van der Waals surface area contributed by atoms with Gasteiger partial charge in [-0.15, -0.1) is 0 Å². The lowest BCUT2D eigenvalue weighted by atomic mass is 9.96. The summed E-state index contributed by atoms with van der Waals surface area (Å²) in [5, 5.41) is 1.01. The van der Waals surface area contributed by atoms with Gasteiger partial charge in [0.2, 0.25) is 0 Å². The molecule has 2 aromatic carbocycles. The van der Waals surface area contributed by atoms with Gasteiger partial charge >= 0.3 is 0 Å². The van der Waals surface area contributed by atoms with E-state index in [2.05, 4.69) is 40.2 Å². The number of carbonyl (C=O) groups is 1. The third-order valence-corrected chi connectivity index (χ3v) is 7.17. The van der Waals surface area contributed by atoms with Crippen LogP contribution in [0.2, 0.25) is 0 Å². The summed E-state index contributed by atoms with van der Waals surface area (Å²) in [5.41, 5.74) is 3.06. The topological polar surface area (TPSA) is 45.7 Å². The van der Waals surface area contributed by atoms with Crippen LogP contribution in [0.3, 0.4) is 0 Å². The van der Waals surface area contributed by atoms with Crippen LogP contribution in [-0.2, 0) is 11.2 Å². The van der Waals surface area contributed by atoms with Crippen molar-refractivity contribution < 1.29 is 9.53 Å². The molecule has 5 heteroatoms. The number of carbonyl (C=O) groups excluding carboxylic acids is 1. The Kier molecular flexibility index (Phi) is 6.19. The van der Waals surface area contributed by atoms with Crippen LogP contribution < -0.4 is 0 Å². The van der Waals surface area contributed by atoms with Gasteiger partial charge in [0.15, 0.2) is 0 Å². The molecule has 2 fully saturated rings. The number of ether oxygens (including phenoxy) is 1. The first-order valence-electron chi connectivity index (χ1n) is 11.7. The average molecular weight is 430 g/mol. The molecule has 3 heterocycles. The highest BCUT2D eigenvalue weighted by Crippen LogP contribution is 2.29. The number of amides is 1. The maximum atomic E-state index is 13.1. The van der Waals surface area contributed by atoms with Gasteiger partial charge in [0.05, 0.1) is 11.6 Å². The van der Waals surface area contributed by atoms with Gasteiger partial charge in [-0.1, -0.05) is 36.4 Å². The fourth-order valence-corrected chi connectivity index (χ4v) is 5.38. The molecule has 2 aliphatic heterocycles. The van der Waals surface area contributed by atoms with Crippen molar-refractivity contribution in [1.29, 1.82) is 0 Å². The number of hydrogen-bond donors (Lipinski definition) is 0. The molecule has 0 saturated carbocycles. The Balaban J connectivity index is 1.19. The molecule has 1 aromatic heterocycles. The Morgan fingerprint density at radius 1 is 1.03 bits per heavy atom. The van der Waals surface area contributed by atoms with Crippen molar-refractivity contribution in [3.63, 3.8) is 0 Å². The molecular formula is C27H31N3O2. The Hall–Kier alpha value is -2.76. The predicted molar refractivity (Wildman–Crippen MR) is 127 cm³/mol. The van der Waals surface area contributed by atoms with Crippen molar-refractivity contribution >= 4 is 16.8 Å². The van der Waals surface area contributed by atoms with Gasteiger partial charge in [0.25, 0.3) is 5.91 Å². The van der Waals surface area contributed by atoms with Crippen LogP contribution in [0, 0.1) is 5.92 Å². The van der Waals surface area contributed by atoms with Crippen molar-refractivity contribution in [2.45, 2.75) is 31.4 Å². The molecule has 2 saturated heterocycles. The molecule has 0 aliphatic carbocycles. The Morgan fingerprint density at radius 3 is 2.62 bits per heavy atom. The molecule has 166 valence electrons. The maximum absolute atomic E-state index is 13.1. The van der Waals surface area contributed by atoms with Crippen LogP contribution in [0.5, 0.6) is 0 Å². The normalized spacial score (nSPS) is 22.5. The fraction of sp³-hybridized carbons (Fsp3) is 0.407. The Bertz CT molecular complexity index is 1060. The fourth-order valence-electron chi connectivity index (χ4n) is 5.38. The van der Waals surface area contributed by atoms with Crippen LogP contribution >= 0.6 is 0 Å². The van der Waals surface area contributed by atoms with Gasteiger partial charge < -0.3 is 9.64 Å². The van der Waals surface area contributed by atoms with E-state index in [1.807, 2.05) is 42.3 Å². The van der Waals surface area contributed by atoms with E-state index in [0.29, 0.717) is 12.0 Å². The van der Waals surface area contributed by atoms with Gasteiger partial charge in [-0.2, -0.15) is 0 Å². The standard InChI is InChI=1S/C27H31N3O2/c1-32-26-19-30(18-23(26)16-20-6-3-2-4-7-20)24-11-14-29(15-12-24)27(31)22-9-10-25-21(17-22)8-5-13-28-25/h2-10,13,17,23-24,26H,11-12,14-16,18-19H2,1H3/t23-,26-/m1/s1. The SMILES string of the molecule is CO[C@@H]1CN(C2CCN(C(=O)c3ccc4ncccc4c3)CC2)C[C@H]1Cc1ccccc1. The van der Waals surface area contributed by atoms with Crippen molar-refractivity contribution in [3.8, 4) is 0 Å². The van der Waals surface area contributed by atoms with E-state index in [0.717, 1.165) is 61.9 Å². The maximum Gasteiger partial charge on any atom is 0.253 e. The van der Waals surface area contributed by atoms with Crippen LogP contribution in [0.1, 0.15) is 28.8 Å². The molecule has 1 amide bonds. The summed E-state index contributed by atoms with van der Waals surface area (Å²) in [5.74, 6) is 0.653. The van der Waals surface area contributed by atoms with Gasteiger partial charge in [0.1, 0.15) is 0 Å². The van der Waals surface area contributed by atoms with Gasteiger partial charge in [-0.25, -0.2) is 0 Å². The number of benzene rings is 2. The van der Waals surface area contributed by atoms with Crippen molar-refractivity contribution in [2.24, 2.45) is 5.92 Å². The molecule has 3 aromatic rings. The van der Waals surface area contributed by atoms with Crippen LogP contribution in [0.15, 0.2) is 66.9 Å². The molecule has 0 radical (unpaired) electrons. The zero-order valence-corrected chi connectivity index (χ0v) is 18.7. The minimum atomic E-state index is 0.132. The number of fused-ring (bicyclic) bond motifs is 1. The molecule has 0 N–H and O–H groups in total. The summed E-state index contributed by atoms with van der Waals surface area (Å²) in [4.78, 5) is 22.1. The summed E-state index contributed by atoms with van der Waals surface area (Å²) in [6.45, 7) is 3.69. The smallest absolute Gasteiger partial charge is 0.253 e. The Labute approximate surface area is 190 Å². The highest BCUT2D eigenvalue weighted by Gasteiger charge is 2.37. The van der Waals surface area contributed by atoms with E-state index >= 15 is 0 Å². The molecule has 5 nitrogen and oxygen atoms in total. The molecule has 2 atom stereocenters. The number of rotatable bonds is 5. The number of pyridine rings is 1. The third-order valence-electron chi connectivity index (χ3n) is 7.17. The first-order chi connectivity index (χ1) is 15.7. The van der Waals surface area contributed by atoms with E-state index in [1.54, 1.807) is 6.20 Å². The van der Waals surface area contributed by atoms with Crippen LogP contribution in [-0.4, -0.2) is 66.1 Å². The lowest BCUT2D eigenvalue weighted by molar-refractivity contribution is 0.0585. The van der Waals surface area contributed by atoms with Crippen LogP contribution in [0.4, 0.5) is 0 Å². The highest BCUT2D eigenvalue weighted by atomic mass is 16.5. The lowest BCUT2D eigenvalue weighted by Crippen LogP contribution is -2.46. The van der Waals surface area contributed by atoms with Gasteiger partial charge in [0, 0.05) is 62.4 Å². The van der Waals surface area contributed by atoms with Gasteiger partial charge in [-0.3, -0.25) is 14.7 Å². The summed E-state index contributed by atoms with van der Waals surface area (Å²) in [6, 6.07) is 21.0. The molecule has 32 heavy (non-hydrogen) atoms.